The number of likely N-dealkylation sites (tertiary alicyclic amines) is 2. The van der Waals surface area contributed by atoms with Gasteiger partial charge >= 0.3 is 12.0 Å². The van der Waals surface area contributed by atoms with E-state index in [1.54, 1.807) is 9.80 Å². The van der Waals surface area contributed by atoms with Gasteiger partial charge in [-0.15, -0.1) is 0 Å². The number of amides is 2. The molecule has 2 amide bonds. The highest BCUT2D eigenvalue weighted by Crippen LogP contribution is 2.25. The number of nitrogens with zero attached hydrogens (tertiary/aromatic N) is 2. The van der Waals surface area contributed by atoms with E-state index in [1.807, 2.05) is 6.92 Å². The molecule has 2 saturated heterocycles. The van der Waals surface area contributed by atoms with Crippen molar-refractivity contribution in [3.8, 4) is 0 Å². The van der Waals surface area contributed by atoms with E-state index in [2.05, 4.69) is 0 Å². The molecule has 0 radical (unpaired) electrons. The molecular weight excluding hydrogens is 248 g/mol. The fraction of sp³-hybridized carbons (Fsp3) is 0.846. The fourth-order valence-corrected chi connectivity index (χ4v) is 2.99. The molecule has 0 saturated carbocycles. The van der Waals surface area contributed by atoms with Gasteiger partial charge in [0, 0.05) is 25.7 Å². The summed E-state index contributed by atoms with van der Waals surface area (Å²) in [5.41, 5.74) is 0. The lowest BCUT2D eigenvalue weighted by atomic mass is 9.92. The molecule has 6 heteroatoms. The van der Waals surface area contributed by atoms with Crippen LogP contribution in [0.1, 0.15) is 32.6 Å². The second-order valence-corrected chi connectivity index (χ2v) is 5.63. The van der Waals surface area contributed by atoms with Crippen LogP contribution in [0, 0.1) is 5.92 Å². The van der Waals surface area contributed by atoms with E-state index in [1.165, 1.54) is 0 Å². The molecule has 6 nitrogen and oxygen atoms in total. The number of aliphatic carboxylic acids is 1. The van der Waals surface area contributed by atoms with Gasteiger partial charge in [0.1, 0.15) is 0 Å². The maximum Gasteiger partial charge on any atom is 0.320 e. The smallest absolute Gasteiger partial charge is 0.320 e. The molecule has 0 bridgehead atoms. The first-order chi connectivity index (χ1) is 8.99. The van der Waals surface area contributed by atoms with E-state index < -0.39 is 12.1 Å². The van der Waals surface area contributed by atoms with Crippen LogP contribution < -0.4 is 0 Å². The standard InChI is InChI=1S/C13H22N2O4/c1-9-7-10(12(17)18)4-6-15(9)13(19)14-5-2-3-11(16)8-14/h9-11,16H,2-8H2,1H3,(H,17,18). The average Bonchev–Trinajstić information content (AvgIpc) is 2.37. The van der Waals surface area contributed by atoms with Crippen LogP contribution in [0.3, 0.4) is 0 Å². The SMILES string of the molecule is CC1CC(C(=O)O)CCN1C(=O)N1CCCC(O)C1. The van der Waals surface area contributed by atoms with Crippen LogP contribution in [0.4, 0.5) is 4.79 Å². The number of hydrogen-bond donors (Lipinski definition) is 2. The van der Waals surface area contributed by atoms with Crippen molar-refractivity contribution < 1.29 is 19.8 Å². The lowest BCUT2D eigenvalue weighted by Gasteiger charge is -2.41. The van der Waals surface area contributed by atoms with Gasteiger partial charge in [0.15, 0.2) is 0 Å². The topological polar surface area (TPSA) is 81.1 Å². The fourth-order valence-electron chi connectivity index (χ4n) is 2.99. The zero-order chi connectivity index (χ0) is 14.0. The first kappa shape index (κ1) is 14.1. The van der Waals surface area contributed by atoms with Gasteiger partial charge in [0.25, 0.3) is 0 Å². The van der Waals surface area contributed by atoms with Gasteiger partial charge in [-0.25, -0.2) is 4.79 Å². The molecule has 3 unspecified atom stereocenters. The zero-order valence-corrected chi connectivity index (χ0v) is 11.3. The third-order valence-corrected chi connectivity index (χ3v) is 4.14. The number of rotatable bonds is 1. The summed E-state index contributed by atoms with van der Waals surface area (Å²) in [7, 11) is 0. The largest absolute Gasteiger partial charge is 0.481 e. The van der Waals surface area contributed by atoms with E-state index in [4.69, 9.17) is 5.11 Å². The maximum atomic E-state index is 12.4. The highest BCUT2D eigenvalue weighted by Gasteiger charge is 2.35. The number of carboxylic acids is 1. The average molecular weight is 270 g/mol. The molecule has 2 heterocycles. The summed E-state index contributed by atoms with van der Waals surface area (Å²) < 4.78 is 0. The molecule has 2 aliphatic heterocycles. The van der Waals surface area contributed by atoms with Gasteiger partial charge in [-0.3, -0.25) is 4.79 Å². The van der Waals surface area contributed by atoms with E-state index in [9.17, 15) is 14.7 Å². The second-order valence-electron chi connectivity index (χ2n) is 5.63. The predicted octanol–water partition coefficient (Wildman–Crippen LogP) is 0.748. The molecule has 108 valence electrons. The Labute approximate surface area is 113 Å². The number of piperidine rings is 2. The number of aliphatic hydroxyl groups excluding tert-OH is 1. The van der Waals surface area contributed by atoms with Crippen molar-refractivity contribution >= 4 is 12.0 Å². The normalized spacial score (nSPS) is 32.2. The Hall–Kier alpha value is -1.30. The summed E-state index contributed by atoms with van der Waals surface area (Å²) in [6, 6.07) is -0.114. The molecule has 0 aromatic rings. The van der Waals surface area contributed by atoms with E-state index >= 15 is 0 Å². The number of carbonyl (C=O) groups excluding carboxylic acids is 1. The number of carboxylic acid groups (broad SMARTS) is 1. The summed E-state index contributed by atoms with van der Waals surface area (Å²) in [6.07, 6.45) is 2.18. The molecule has 3 atom stereocenters. The number of carbonyl (C=O) groups is 2. The van der Waals surface area contributed by atoms with E-state index in [0.717, 1.165) is 12.8 Å². The maximum absolute atomic E-state index is 12.4. The Morgan fingerprint density at radius 2 is 1.95 bits per heavy atom. The highest BCUT2D eigenvalue weighted by atomic mass is 16.4. The van der Waals surface area contributed by atoms with Crippen LogP contribution in [-0.4, -0.2) is 63.8 Å². The Balaban J connectivity index is 1.94. The van der Waals surface area contributed by atoms with Crippen LogP contribution in [0.15, 0.2) is 0 Å². The molecule has 2 N–H and O–H groups in total. The minimum atomic E-state index is -0.771. The first-order valence-electron chi connectivity index (χ1n) is 6.95. The van der Waals surface area contributed by atoms with Gasteiger partial charge in [0.2, 0.25) is 0 Å². The third kappa shape index (κ3) is 3.18. The zero-order valence-electron chi connectivity index (χ0n) is 11.3. The van der Waals surface area contributed by atoms with Crippen molar-refractivity contribution in [2.24, 2.45) is 5.92 Å². The number of aliphatic hydroxyl groups is 1. The molecule has 0 aromatic carbocycles. The summed E-state index contributed by atoms with van der Waals surface area (Å²) in [6.45, 7) is 3.46. The van der Waals surface area contributed by atoms with Crippen LogP contribution in [-0.2, 0) is 4.79 Å². The molecule has 2 rings (SSSR count). The summed E-state index contributed by atoms with van der Waals surface area (Å²) in [5, 5.41) is 18.6. The molecule has 2 aliphatic rings. The number of hydrogen-bond acceptors (Lipinski definition) is 3. The Morgan fingerprint density at radius 1 is 1.21 bits per heavy atom. The summed E-state index contributed by atoms with van der Waals surface area (Å²) >= 11 is 0. The predicted molar refractivity (Wildman–Crippen MR) is 68.7 cm³/mol. The quantitative estimate of drug-likeness (QED) is 0.736. The first-order valence-corrected chi connectivity index (χ1v) is 6.95. The third-order valence-electron chi connectivity index (χ3n) is 4.14. The molecule has 2 fully saturated rings. The molecule has 19 heavy (non-hydrogen) atoms. The molecule has 0 spiro atoms. The van der Waals surface area contributed by atoms with Gasteiger partial charge in [0.05, 0.1) is 12.0 Å². The molecule has 0 aromatic heterocycles. The van der Waals surface area contributed by atoms with E-state index in [0.29, 0.717) is 32.5 Å². The Kier molecular flexibility index (Phi) is 4.29. The van der Waals surface area contributed by atoms with Gasteiger partial charge in [-0.2, -0.15) is 0 Å². The van der Waals surface area contributed by atoms with Crippen LogP contribution >= 0.6 is 0 Å². The minimum Gasteiger partial charge on any atom is -0.481 e. The summed E-state index contributed by atoms with van der Waals surface area (Å²) in [4.78, 5) is 26.8. The Morgan fingerprint density at radius 3 is 2.53 bits per heavy atom. The van der Waals surface area contributed by atoms with Crippen molar-refractivity contribution in [3.63, 3.8) is 0 Å². The van der Waals surface area contributed by atoms with Crippen molar-refractivity contribution in [1.29, 1.82) is 0 Å². The van der Waals surface area contributed by atoms with Crippen LogP contribution in [0.5, 0.6) is 0 Å². The van der Waals surface area contributed by atoms with Gasteiger partial charge in [-0.1, -0.05) is 0 Å². The number of urea groups is 1. The second kappa shape index (κ2) is 5.77. The lowest BCUT2D eigenvalue weighted by molar-refractivity contribution is -0.143. The van der Waals surface area contributed by atoms with E-state index in [-0.39, 0.29) is 18.0 Å². The van der Waals surface area contributed by atoms with Crippen LogP contribution in [0.2, 0.25) is 0 Å². The monoisotopic (exact) mass is 270 g/mol. The van der Waals surface area contributed by atoms with Gasteiger partial charge < -0.3 is 20.0 Å². The van der Waals surface area contributed by atoms with Crippen molar-refractivity contribution in [2.75, 3.05) is 19.6 Å². The van der Waals surface area contributed by atoms with Crippen molar-refractivity contribution in [3.05, 3.63) is 0 Å². The molecule has 0 aliphatic carbocycles. The highest BCUT2D eigenvalue weighted by molar-refractivity contribution is 5.76. The Bertz CT molecular complexity index is 361. The minimum absolute atomic E-state index is 0.0542. The van der Waals surface area contributed by atoms with Crippen LogP contribution in [0.25, 0.3) is 0 Å². The summed E-state index contributed by atoms with van der Waals surface area (Å²) in [5.74, 6) is -1.11. The number of β-amino-alcohol motifs (C(OH)–C–C–N with tert-alkyl or cyclic N) is 1. The lowest BCUT2D eigenvalue weighted by Crippen LogP contribution is -2.54. The molecular formula is C13H22N2O4. The van der Waals surface area contributed by atoms with Crippen molar-refractivity contribution in [1.82, 2.24) is 9.80 Å². The van der Waals surface area contributed by atoms with Gasteiger partial charge in [-0.05, 0) is 32.6 Å². The van der Waals surface area contributed by atoms with Crippen molar-refractivity contribution in [2.45, 2.75) is 44.8 Å².